The van der Waals surface area contributed by atoms with E-state index in [1.807, 2.05) is 24.3 Å². The highest BCUT2D eigenvalue weighted by molar-refractivity contribution is 5.76. The summed E-state index contributed by atoms with van der Waals surface area (Å²) in [7, 11) is 0. The van der Waals surface area contributed by atoms with Crippen molar-refractivity contribution in [1.29, 1.82) is 0 Å². The van der Waals surface area contributed by atoms with Gasteiger partial charge in [0.25, 0.3) is 5.56 Å². The van der Waals surface area contributed by atoms with E-state index in [2.05, 4.69) is 23.7 Å². The zero-order chi connectivity index (χ0) is 16.2. The monoisotopic (exact) mass is 313 g/mol. The van der Waals surface area contributed by atoms with Crippen molar-refractivity contribution in [3.05, 3.63) is 40.9 Å². The molecule has 0 bridgehead atoms. The van der Waals surface area contributed by atoms with Crippen LogP contribution in [0.3, 0.4) is 0 Å². The highest BCUT2D eigenvalue weighted by Gasteiger charge is 2.22. The second kappa shape index (κ2) is 7.26. The summed E-state index contributed by atoms with van der Waals surface area (Å²) in [5, 5.41) is 0.715. The number of piperidine rings is 1. The van der Waals surface area contributed by atoms with Crippen LogP contribution in [-0.4, -0.2) is 33.6 Å². The molecule has 23 heavy (non-hydrogen) atoms. The molecule has 1 aromatic carbocycles. The Hall–Kier alpha value is -1.68. The molecular formula is C19H27N3O. The Balaban J connectivity index is 1.72. The lowest BCUT2D eigenvalue weighted by atomic mass is 9.94. The fourth-order valence-corrected chi connectivity index (χ4v) is 3.67. The maximum absolute atomic E-state index is 12.6. The van der Waals surface area contributed by atoms with Gasteiger partial charge in [-0.3, -0.25) is 14.3 Å². The van der Waals surface area contributed by atoms with Crippen molar-refractivity contribution in [2.75, 3.05) is 13.1 Å². The first-order valence-electron chi connectivity index (χ1n) is 8.83. The first-order chi connectivity index (χ1) is 11.1. The second-order valence-electron chi connectivity index (χ2n) is 7.08. The van der Waals surface area contributed by atoms with Gasteiger partial charge in [0.1, 0.15) is 0 Å². The van der Waals surface area contributed by atoms with E-state index in [-0.39, 0.29) is 5.56 Å². The highest BCUT2D eigenvalue weighted by Crippen LogP contribution is 2.22. The Morgan fingerprint density at radius 2 is 2.04 bits per heavy atom. The van der Waals surface area contributed by atoms with Crippen LogP contribution in [0.25, 0.3) is 10.9 Å². The predicted octanol–water partition coefficient (Wildman–Crippen LogP) is 3.30. The molecule has 2 aromatic rings. The van der Waals surface area contributed by atoms with Crippen LogP contribution >= 0.6 is 0 Å². The van der Waals surface area contributed by atoms with Gasteiger partial charge in [0.05, 0.1) is 17.2 Å². The van der Waals surface area contributed by atoms with E-state index in [0.717, 1.165) is 31.1 Å². The van der Waals surface area contributed by atoms with Crippen molar-refractivity contribution in [2.24, 2.45) is 5.92 Å². The number of hydrogen-bond donors (Lipinski definition) is 0. The molecule has 0 amide bonds. The van der Waals surface area contributed by atoms with Crippen molar-refractivity contribution in [3.8, 4) is 0 Å². The van der Waals surface area contributed by atoms with Crippen molar-refractivity contribution in [3.63, 3.8) is 0 Å². The Kier molecular flexibility index (Phi) is 5.11. The van der Waals surface area contributed by atoms with E-state index in [1.54, 1.807) is 10.9 Å². The summed E-state index contributed by atoms with van der Waals surface area (Å²) in [6.07, 6.45) is 6.87. The normalized spacial score (nSPS) is 19.5. The van der Waals surface area contributed by atoms with Crippen LogP contribution in [0.2, 0.25) is 0 Å². The van der Waals surface area contributed by atoms with Crippen molar-refractivity contribution >= 4 is 10.9 Å². The lowest BCUT2D eigenvalue weighted by Gasteiger charge is -2.36. The third kappa shape index (κ3) is 3.81. The lowest BCUT2D eigenvalue weighted by molar-refractivity contribution is 0.124. The van der Waals surface area contributed by atoms with E-state index in [1.165, 1.54) is 25.7 Å². The largest absolute Gasteiger partial charge is 0.299 e. The first-order valence-corrected chi connectivity index (χ1v) is 8.83. The SMILES string of the molecule is CC(C)CC1CCCCN1CCn1cnc2ccccc2c1=O. The van der Waals surface area contributed by atoms with Crippen LogP contribution in [0, 0.1) is 5.92 Å². The van der Waals surface area contributed by atoms with Gasteiger partial charge in [-0.2, -0.15) is 0 Å². The van der Waals surface area contributed by atoms with Crippen LogP contribution in [0.4, 0.5) is 0 Å². The smallest absolute Gasteiger partial charge is 0.261 e. The van der Waals surface area contributed by atoms with Gasteiger partial charge < -0.3 is 0 Å². The number of para-hydroxylation sites is 1. The molecule has 3 rings (SSSR count). The van der Waals surface area contributed by atoms with Gasteiger partial charge in [0.15, 0.2) is 0 Å². The molecule has 1 aromatic heterocycles. The molecular weight excluding hydrogens is 286 g/mol. The van der Waals surface area contributed by atoms with Gasteiger partial charge in [-0.05, 0) is 43.9 Å². The summed E-state index contributed by atoms with van der Waals surface area (Å²) in [6.45, 7) is 7.42. The fourth-order valence-electron chi connectivity index (χ4n) is 3.67. The summed E-state index contributed by atoms with van der Waals surface area (Å²) in [5.41, 5.74) is 0.859. The number of rotatable bonds is 5. The molecule has 1 saturated heterocycles. The third-order valence-electron chi connectivity index (χ3n) is 4.85. The molecule has 1 aliphatic heterocycles. The predicted molar refractivity (Wildman–Crippen MR) is 94.7 cm³/mol. The Morgan fingerprint density at radius 3 is 2.87 bits per heavy atom. The van der Waals surface area contributed by atoms with E-state index in [4.69, 9.17) is 0 Å². The van der Waals surface area contributed by atoms with Gasteiger partial charge in [-0.1, -0.05) is 32.4 Å². The molecule has 0 spiro atoms. The Labute approximate surface area is 138 Å². The number of benzene rings is 1. The molecule has 2 heterocycles. The molecule has 1 aliphatic rings. The van der Waals surface area contributed by atoms with Crippen LogP contribution in [0.15, 0.2) is 35.4 Å². The molecule has 0 N–H and O–H groups in total. The van der Waals surface area contributed by atoms with Crippen LogP contribution in [0.5, 0.6) is 0 Å². The maximum atomic E-state index is 12.6. The van der Waals surface area contributed by atoms with E-state index >= 15 is 0 Å². The highest BCUT2D eigenvalue weighted by atomic mass is 16.1. The minimum absolute atomic E-state index is 0.0769. The molecule has 4 heteroatoms. The topological polar surface area (TPSA) is 38.1 Å². The van der Waals surface area contributed by atoms with Gasteiger partial charge >= 0.3 is 0 Å². The molecule has 124 valence electrons. The van der Waals surface area contributed by atoms with E-state index in [9.17, 15) is 4.79 Å². The first kappa shape index (κ1) is 16.2. The molecule has 1 atom stereocenters. The fraction of sp³-hybridized carbons (Fsp3) is 0.579. The maximum Gasteiger partial charge on any atom is 0.261 e. The summed E-state index contributed by atoms with van der Waals surface area (Å²) in [6, 6.07) is 8.25. The van der Waals surface area contributed by atoms with E-state index < -0.39 is 0 Å². The number of fused-ring (bicyclic) bond motifs is 1. The minimum atomic E-state index is 0.0769. The number of nitrogens with zero attached hydrogens (tertiary/aromatic N) is 3. The standard InChI is InChI=1S/C19H27N3O/c1-15(2)13-16-7-5-6-10-21(16)11-12-22-14-20-18-9-4-3-8-17(18)19(22)23/h3-4,8-9,14-16H,5-7,10-13H2,1-2H3. The second-order valence-corrected chi connectivity index (χ2v) is 7.08. The number of aromatic nitrogens is 2. The Morgan fingerprint density at radius 1 is 1.22 bits per heavy atom. The zero-order valence-electron chi connectivity index (χ0n) is 14.2. The van der Waals surface area contributed by atoms with Gasteiger partial charge in [0.2, 0.25) is 0 Å². The van der Waals surface area contributed by atoms with Crippen molar-refractivity contribution in [2.45, 2.75) is 52.1 Å². The molecule has 1 fully saturated rings. The van der Waals surface area contributed by atoms with Crippen molar-refractivity contribution < 1.29 is 0 Å². The van der Waals surface area contributed by atoms with E-state index in [0.29, 0.717) is 11.4 Å². The van der Waals surface area contributed by atoms with Gasteiger partial charge in [0, 0.05) is 19.1 Å². The summed E-state index contributed by atoms with van der Waals surface area (Å²) in [5.74, 6) is 0.727. The molecule has 4 nitrogen and oxygen atoms in total. The minimum Gasteiger partial charge on any atom is -0.299 e. The number of hydrogen-bond acceptors (Lipinski definition) is 3. The van der Waals surface area contributed by atoms with Gasteiger partial charge in [-0.15, -0.1) is 0 Å². The third-order valence-corrected chi connectivity index (χ3v) is 4.85. The Bertz CT molecular complexity index is 707. The summed E-state index contributed by atoms with van der Waals surface area (Å²) in [4.78, 5) is 19.6. The number of likely N-dealkylation sites (tertiary alicyclic amines) is 1. The summed E-state index contributed by atoms with van der Waals surface area (Å²) < 4.78 is 1.77. The molecule has 0 aliphatic carbocycles. The quantitative estimate of drug-likeness (QED) is 0.850. The average molecular weight is 313 g/mol. The van der Waals surface area contributed by atoms with Crippen molar-refractivity contribution in [1.82, 2.24) is 14.5 Å². The van der Waals surface area contributed by atoms with Crippen LogP contribution in [0.1, 0.15) is 39.5 Å². The van der Waals surface area contributed by atoms with Crippen LogP contribution in [-0.2, 0) is 6.54 Å². The average Bonchev–Trinajstić information content (AvgIpc) is 2.55. The molecule has 0 radical (unpaired) electrons. The zero-order valence-corrected chi connectivity index (χ0v) is 14.2. The lowest BCUT2D eigenvalue weighted by Crippen LogP contribution is -2.42. The van der Waals surface area contributed by atoms with Gasteiger partial charge in [-0.25, -0.2) is 4.98 Å². The molecule has 1 unspecified atom stereocenters. The molecule has 0 saturated carbocycles. The van der Waals surface area contributed by atoms with Crippen LogP contribution < -0.4 is 5.56 Å². The summed E-state index contributed by atoms with van der Waals surface area (Å²) >= 11 is 0.